The lowest BCUT2D eigenvalue weighted by molar-refractivity contribution is 0.0780. The molecule has 1 saturated carbocycles. The second-order valence-electron chi connectivity index (χ2n) is 5.47. The Morgan fingerprint density at radius 2 is 2.06 bits per heavy atom. The largest absolute Gasteiger partial charge is 0.338 e. The van der Waals surface area contributed by atoms with Crippen molar-refractivity contribution in [2.75, 3.05) is 13.1 Å². The van der Waals surface area contributed by atoms with Gasteiger partial charge in [-0.25, -0.2) is 0 Å². The van der Waals surface area contributed by atoms with Crippen LogP contribution in [-0.4, -0.2) is 28.9 Å². The maximum absolute atomic E-state index is 12.4. The van der Waals surface area contributed by atoms with Crippen molar-refractivity contribution in [2.45, 2.75) is 26.2 Å². The molecule has 1 saturated heterocycles. The molecule has 96 valence electrons. The van der Waals surface area contributed by atoms with Gasteiger partial charge in [0.2, 0.25) is 0 Å². The molecule has 0 bridgehead atoms. The minimum absolute atomic E-state index is 0.0434. The number of pyridine rings is 1. The van der Waals surface area contributed by atoms with Crippen LogP contribution >= 0.6 is 11.6 Å². The van der Waals surface area contributed by atoms with Crippen LogP contribution < -0.4 is 0 Å². The van der Waals surface area contributed by atoms with Gasteiger partial charge in [0, 0.05) is 25.0 Å². The first-order valence-electron chi connectivity index (χ1n) is 6.56. The second-order valence-corrected chi connectivity index (χ2v) is 5.87. The number of fused-ring (bicyclic) bond motifs is 1. The fraction of sp³-hybridized carbons (Fsp3) is 0.571. The zero-order chi connectivity index (χ0) is 12.7. The molecule has 18 heavy (non-hydrogen) atoms. The van der Waals surface area contributed by atoms with E-state index in [0.717, 1.165) is 18.8 Å². The van der Waals surface area contributed by atoms with E-state index in [2.05, 4.69) is 4.98 Å². The van der Waals surface area contributed by atoms with Gasteiger partial charge in [0.05, 0.1) is 10.6 Å². The summed E-state index contributed by atoms with van der Waals surface area (Å²) in [6.45, 7) is 3.67. The molecule has 1 aromatic heterocycles. The quantitative estimate of drug-likeness (QED) is 0.781. The molecule has 1 amide bonds. The Balaban J connectivity index is 1.79. The molecule has 1 aliphatic heterocycles. The third kappa shape index (κ3) is 2.01. The van der Waals surface area contributed by atoms with Crippen LogP contribution in [0.25, 0.3) is 0 Å². The Bertz CT molecular complexity index is 477. The topological polar surface area (TPSA) is 33.2 Å². The Hall–Kier alpha value is -1.09. The van der Waals surface area contributed by atoms with Crippen LogP contribution in [0.5, 0.6) is 0 Å². The number of carbonyl (C=O) groups excluding carboxylic acids is 1. The Kier molecular flexibility index (Phi) is 3.02. The van der Waals surface area contributed by atoms with Crippen LogP contribution in [0.3, 0.4) is 0 Å². The fourth-order valence-electron chi connectivity index (χ4n) is 3.26. The van der Waals surface area contributed by atoms with Crippen LogP contribution in [0.4, 0.5) is 0 Å². The number of halogens is 1. The molecule has 0 radical (unpaired) electrons. The van der Waals surface area contributed by atoms with Gasteiger partial charge in [-0.05, 0) is 37.7 Å². The lowest BCUT2D eigenvalue weighted by Crippen LogP contribution is -2.29. The molecule has 2 unspecified atom stereocenters. The molecule has 2 aliphatic rings. The van der Waals surface area contributed by atoms with Crippen LogP contribution in [0.1, 0.15) is 35.3 Å². The first-order chi connectivity index (χ1) is 8.65. The highest BCUT2D eigenvalue weighted by atomic mass is 35.5. The van der Waals surface area contributed by atoms with Gasteiger partial charge in [-0.3, -0.25) is 9.78 Å². The van der Waals surface area contributed by atoms with Crippen molar-refractivity contribution in [2.24, 2.45) is 11.8 Å². The normalized spacial score (nSPS) is 26.4. The molecule has 2 atom stereocenters. The van der Waals surface area contributed by atoms with E-state index in [1.54, 1.807) is 12.3 Å². The summed E-state index contributed by atoms with van der Waals surface area (Å²) < 4.78 is 0. The first-order valence-corrected chi connectivity index (χ1v) is 6.94. The lowest BCUT2D eigenvalue weighted by Gasteiger charge is -2.17. The molecular formula is C14H17ClN2O. The van der Waals surface area contributed by atoms with Gasteiger partial charge in [-0.2, -0.15) is 0 Å². The smallest absolute Gasteiger partial charge is 0.256 e. The Morgan fingerprint density at radius 3 is 2.67 bits per heavy atom. The van der Waals surface area contributed by atoms with Crippen molar-refractivity contribution in [3.63, 3.8) is 0 Å². The summed E-state index contributed by atoms with van der Waals surface area (Å²) in [5.41, 5.74) is 1.39. The number of hydrogen-bond acceptors (Lipinski definition) is 2. The molecule has 2 fully saturated rings. The molecule has 0 N–H and O–H groups in total. The predicted octanol–water partition coefficient (Wildman–Crippen LogP) is 2.92. The third-order valence-electron chi connectivity index (χ3n) is 4.23. The van der Waals surface area contributed by atoms with Crippen molar-refractivity contribution in [1.29, 1.82) is 0 Å². The van der Waals surface area contributed by atoms with E-state index in [-0.39, 0.29) is 5.91 Å². The average Bonchev–Trinajstić information content (AvgIpc) is 2.87. The van der Waals surface area contributed by atoms with Gasteiger partial charge in [0.15, 0.2) is 0 Å². The average molecular weight is 265 g/mol. The number of carbonyl (C=O) groups is 1. The SMILES string of the molecule is Cc1cc(Cl)c(C(=O)N2CC3CCCC3C2)cn1. The van der Waals surface area contributed by atoms with E-state index in [0.29, 0.717) is 22.4 Å². The van der Waals surface area contributed by atoms with Crippen molar-refractivity contribution < 1.29 is 4.79 Å². The zero-order valence-electron chi connectivity index (χ0n) is 10.5. The number of aryl methyl sites for hydroxylation is 1. The van der Waals surface area contributed by atoms with Crippen LogP contribution in [-0.2, 0) is 0 Å². The van der Waals surface area contributed by atoms with Gasteiger partial charge in [0.25, 0.3) is 5.91 Å². The standard InChI is InChI=1S/C14H17ClN2O/c1-9-5-13(15)12(6-16-9)14(18)17-7-10-3-2-4-11(10)8-17/h5-6,10-11H,2-4,7-8H2,1H3. The van der Waals surface area contributed by atoms with Crippen LogP contribution in [0, 0.1) is 18.8 Å². The maximum Gasteiger partial charge on any atom is 0.256 e. The highest BCUT2D eigenvalue weighted by Gasteiger charge is 2.38. The molecule has 4 heteroatoms. The zero-order valence-corrected chi connectivity index (χ0v) is 11.3. The van der Waals surface area contributed by atoms with Crippen molar-refractivity contribution in [3.8, 4) is 0 Å². The minimum Gasteiger partial charge on any atom is -0.338 e. The number of aromatic nitrogens is 1. The van der Waals surface area contributed by atoms with E-state index in [1.165, 1.54) is 19.3 Å². The van der Waals surface area contributed by atoms with E-state index in [9.17, 15) is 4.79 Å². The summed E-state index contributed by atoms with van der Waals surface area (Å²) >= 11 is 6.14. The van der Waals surface area contributed by atoms with E-state index in [1.807, 2.05) is 11.8 Å². The number of nitrogens with zero attached hydrogens (tertiary/aromatic N) is 2. The molecule has 3 rings (SSSR count). The minimum atomic E-state index is 0.0434. The Labute approximate surface area is 112 Å². The van der Waals surface area contributed by atoms with Crippen molar-refractivity contribution >= 4 is 17.5 Å². The van der Waals surface area contributed by atoms with Crippen molar-refractivity contribution in [3.05, 3.63) is 28.5 Å². The van der Waals surface area contributed by atoms with Gasteiger partial charge in [0.1, 0.15) is 0 Å². The predicted molar refractivity (Wildman–Crippen MR) is 70.7 cm³/mol. The summed E-state index contributed by atoms with van der Waals surface area (Å²) in [6.07, 6.45) is 5.47. The number of hydrogen-bond donors (Lipinski definition) is 0. The molecule has 0 aromatic carbocycles. The monoisotopic (exact) mass is 264 g/mol. The van der Waals surface area contributed by atoms with Crippen LogP contribution in [0.2, 0.25) is 5.02 Å². The number of amides is 1. The summed E-state index contributed by atoms with van der Waals surface area (Å²) in [6, 6.07) is 1.76. The molecule has 3 nitrogen and oxygen atoms in total. The van der Waals surface area contributed by atoms with Crippen LogP contribution in [0.15, 0.2) is 12.3 Å². The first kappa shape index (κ1) is 12.0. The lowest BCUT2D eigenvalue weighted by atomic mass is 10.0. The molecule has 0 spiro atoms. The molecule has 2 heterocycles. The highest BCUT2D eigenvalue weighted by molar-refractivity contribution is 6.33. The maximum atomic E-state index is 12.4. The number of rotatable bonds is 1. The molecular weight excluding hydrogens is 248 g/mol. The molecule has 1 aromatic rings. The highest BCUT2D eigenvalue weighted by Crippen LogP contribution is 2.38. The van der Waals surface area contributed by atoms with E-state index in [4.69, 9.17) is 11.6 Å². The second kappa shape index (κ2) is 4.54. The summed E-state index contributed by atoms with van der Waals surface area (Å²) in [5, 5.41) is 0.518. The van der Waals surface area contributed by atoms with E-state index >= 15 is 0 Å². The van der Waals surface area contributed by atoms with Gasteiger partial charge in [-0.15, -0.1) is 0 Å². The van der Waals surface area contributed by atoms with Gasteiger partial charge in [-0.1, -0.05) is 18.0 Å². The summed E-state index contributed by atoms with van der Waals surface area (Å²) in [4.78, 5) is 18.5. The summed E-state index contributed by atoms with van der Waals surface area (Å²) in [7, 11) is 0. The molecule has 1 aliphatic carbocycles. The third-order valence-corrected chi connectivity index (χ3v) is 4.55. The number of likely N-dealkylation sites (tertiary alicyclic amines) is 1. The van der Waals surface area contributed by atoms with Crippen molar-refractivity contribution in [1.82, 2.24) is 9.88 Å². The fourth-order valence-corrected chi connectivity index (χ4v) is 3.54. The Morgan fingerprint density at radius 1 is 1.39 bits per heavy atom. The van der Waals surface area contributed by atoms with Gasteiger partial charge >= 0.3 is 0 Å². The van der Waals surface area contributed by atoms with Gasteiger partial charge < -0.3 is 4.90 Å². The van der Waals surface area contributed by atoms with E-state index < -0.39 is 0 Å². The summed E-state index contributed by atoms with van der Waals surface area (Å²) in [5.74, 6) is 1.47.